The number of anilines is 1. The molecule has 12 heteroatoms. The number of hydrogen-bond donors (Lipinski definition) is 2. The number of amides is 1. The summed E-state index contributed by atoms with van der Waals surface area (Å²) >= 11 is 6.37. The Bertz CT molecular complexity index is 1280. The minimum atomic E-state index is -4.65. The van der Waals surface area contributed by atoms with Gasteiger partial charge in [0.05, 0.1) is 11.1 Å². The lowest BCUT2D eigenvalue weighted by Crippen LogP contribution is -2.50. The number of aromatic nitrogens is 3. The molecular formula is C26H31ClF3N5O3. The number of alkyl halides is 3. The van der Waals surface area contributed by atoms with Crippen LogP contribution in [0.15, 0.2) is 36.4 Å². The van der Waals surface area contributed by atoms with Crippen molar-refractivity contribution in [2.24, 2.45) is 0 Å². The Hall–Kier alpha value is -3.47. The van der Waals surface area contributed by atoms with Gasteiger partial charge in [-0.05, 0) is 70.0 Å². The van der Waals surface area contributed by atoms with Crippen LogP contribution in [0.3, 0.4) is 0 Å². The van der Waals surface area contributed by atoms with Gasteiger partial charge in [0.1, 0.15) is 23.8 Å². The molecule has 0 unspecified atom stereocenters. The van der Waals surface area contributed by atoms with Crippen LogP contribution in [0, 0.1) is 0 Å². The number of carbonyl (C=O) groups excluding carboxylic acids is 1. The Labute approximate surface area is 224 Å². The lowest BCUT2D eigenvalue weighted by atomic mass is 9.95. The van der Waals surface area contributed by atoms with E-state index in [2.05, 4.69) is 15.2 Å². The number of nitrogens with one attached hydrogen (secondary N) is 1. The fourth-order valence-corrected chi connectivity index (χ4v) is 3.87. The quantitative estimate of drug-likeness (QED) is 0.353. The molecule has 1 aromatic heterocycles. The van der Waals surface area contributed by atoms with Crippen LogP contribution in [-0.2, 0) is 17.3 Å². The van der Waals surface area contributed by atoms with E-state index in [0.717, 1.165) is 6.07 Å². The van der Waals surface area contributed by atoms with Crippen LogP contribution in [0.4, 0.5) is 23.9 Å². The van der Waals surface area contributed by atoms with Crippen LogP contribution in [0.1, 0.15) is 51.6 Å². The number of nitrogens with two attached hydrogens (primary N) is 1. The molecule has 0 saturated heterocycles. The Morgan fingerprint density at radius 1 is 1.11 bits per heavy atom. The van der Waals surface area contributed by atoms with E-state index in [9.17, 15) is 18.0 Å². The maximum Gasteiger partial charge on any atom is 0.417 e. The average Bonchev–Trinajstić information content (AvgIpc) is 3.20. The van der Waals surface area contributed by atoms with E-state index in [1.165, 1.54) is 23.1 Å². The number of H-pyrrole nitrogens is 1. The molecule has 0 saturated carbocycles. The molecule has 0 aliphatic heterocycles. The summed E-state index contributed by atoms with van der Waals surface area (Å²) < 4.78 is 53.3. The molecule has 0 radical (unpaired) electrons. The standard InChI is InChI=1S/C26H31ClF3N5O3/c1-24(2,3)38-23(36)35(6)25(4,5)14-37-17-9-7-16(8-10-17)21-18(26(28,29)30)11-15(12-19(21)27)13-20-32-22(31)34-33-20/h7-12H,13-14H2,1-6H3,(H3,31,32,33,34). The van der Waals surface area contributed by atoms with Crippen LogP contribution < -0.4 is 10.5 Å². The third-order valence-corrected chi connectivity index (χ3v) is 5.98. The number of hydrogen-bond acceptors (Lipinski definition) is 6. The first kappa shape index (κ1) is 29.1. The maximum absolute atomic E-state index is 14.0. The molecule has 0 spiro atoms. The van der Waals surface area contributed by atoms with Gasteiger partial charge in [0.25, 0.3) is 0 Å². The fourth-order valence-electron chi connectivity index (χ4n) is 3.52. The summed E-state index contributed by atoms with van der Waals surface area (Å²) in [5.74, 6) is 0.741. The minimum absolute atomic E-state index is 0.000873. The molecule has 206 valence electrons. The maximum atomic E-state index is 14.0. The van der Waals surface area contributed by atoms with Gasteiger partial charge >= 0.3 is 12.3 Å². The van der Waals surface area contributed by atoms with Gasteiger partial charge in [0, 0.05) is 24.1 Å². The molecule has 0 aliphatic carbocycles. The van der Waals surface area contributed by atoms with Gasteiger partial charge in [-0.2, -0.15) is 18.2 Å². The van der Waals surface area contributed by atoms with Crippen molar-refractivity contribution in [3.8, 4) is 16.9 Å². The molecule has 3 rings (SSSR count). The van der Waals surface area contributed by atoms with Crippen LogP contribution >= 0.6 is 11.6 Å². The monoisotopic (exact) mass is 553 g/mol. The van der Waals surface area contributed by atoms with E-state index >= 15 is 0 Å². The van der Waals surface area contributed by atoms with Gasteiger partial charge in [-0.3, -0.25) is 5.10 Å². The normalized spacial score (nSPS) is 12.4. The van der Waals surface area contributed by atoms with Crippen molar-refractivity contribution in [1.29, 1.82) is 0 Å². The second-order valence-electron chi connectivity index (χ2n) is 10.5. The minimum Gasteiger partial charge on any atom is -0.491 e. The molecule has 0 fully saturated rings. The highest BCUT2D eigenvalue weighted by atomic mass is 35.5. The molecule has 0 atom stereocenters. The summed E-state index contributed by atoms with van der Waals surface area (Å²) in [7, 11) is 1.61. The number of ether oxygens (including phenoxy) is 2. The van der Waals surface area contributed by atoms with E-state index < -0.39 is 29.0 Å². The van der Waals surface area contributed by atoms with Gasteiger partial charge in [-0.1, -0.05) is 23.7 Å². The number of aromatic amines is 1. The summed E-state index contributed by atoms with van der Waals surface area (Å²) in [5, 5.41) is 6.21. The molecule has 38 heavy (non-hydrogen) atoms. The highest BCUT2D eigenvalue weighted by Gasteiger charge is 2.36. The van der Waals surface area contributed by atoms with Crippen LogP contribution in [0.2, 0.25) is 5.02 Å². The van der Waals surface area contributed by atoms with Crippen molar-refractivity contribution < 1.29 is 27.4 Å². The van der Waals surface area contributed by atoms with E-state index in [-0.39, 0.29) is 35.1 Å². The topological polar surface area (TPSA) is 106 Å². The SMILES string of the molecule is CN(C(=O)OC(C)(C)C)C(C)(C)COc1ccc(-c2c(Cl)cc(Cc3nc(N)n[nH]3)cc2C(F)(F)F)cc1. The number of halogens is 4. The average molecular weight is 554 g/mol. The Balaban J connectivity index is 1.80. The molecule has 3 N–H and O–H groups in total. The fraction of sp³-hybridized carbons (Fsp3) is 0.423. The molecule has 3 aromatic rings. The number of benzene rings is 2. The molecule has 1 amide bonds. The van der Waals surface area contributed by atoms with Crippen LogP contribution in [0.5, 0.6) is 5.75 Å². The van der Waals surface area contributed by atoms with Crippen molar-refractivity contribution in [2.75, 3.05) is 19.4 Å². The molecule has 0 bridgehead atoms. The summed E-state index contributed by atoms with van der Waals surface area (Å²) in [5.41, 5.74) is 3.67. The molecule has 8 nitrogen and oxygen atoms in total. The van der Waals surface area contributed by atoms with Crippen molar-refractivity contribution in [2.45, 2.75) is 58.4 Å². The first-order chi connectivity index (χ1) is 17.5. The Kier molecular flexibility index (Phi) is 8.21. The second-order valence-corrected chi connectivity index (χ2v) is 10.9. The summed E-state index contributed by atoms with van der Waals surface area (Å²) in [6, 6.07) is 8.63. The first-order valence-corrected chi connectivity index (χ1v) is 12.1. The number of likely N-dealkylation sites (N-methyl/N-ethyl adjacent to an activating group) is 1. The Morgan fingerprint density at radius 3 is 2.26 bits per heavy atom. The van der Waals surface area contributed by atoms with Gasteiger partial charge in [-0.15, -0.1) is 5.10 Å². The zero-order valence-electron chi connectivity index (χ0n) is 22.0. The first-order valence-electron chi connectivity index (χ1n) is 11.7. The molecule has 1 heterocycles. The summed E-state index contributed by atoms with van der Waals surface area (Å²) in [4.78, 5) is 17.8. The van der Waals surface area contributed by atoms with Gasteiger partial charge in [-0.25, -0.2) is 4.79 Å². The zero-order valence-corrected chi connectivity index (χ0v) is 22.8. The third kappa shape index (κ3) is 7.31. The number of carbonyl (C=O) groups is 1. The molecular weight excluding hydrogens is 523 g/mol. The van der Waals surface area contributed by atoms with E-state index in [1.807, 2.05) is 13.8 Å². The largest absolute Gasteiger partial charge is 0.491 e. The van der Waals surface area contributed by atoms with Crippen molar-refractivity contribution >= 4 is 23.6 Å². The summed E-state index contributed by atoms with van der Waals surface area (Å²) in [6.07, 6.45) is -5.10. The van der Waals surface area contributed by atoms with Crippen molar-refractivity contribution in [3.05, 3.63) is 58.4 Å². The van der Waals surface area contributed by atoms with Crippen LogP contribution in [-0.4, -0.2) is 51.0 Å². The number of rotatable bonds is 7. The van der Waals surface area contributed by atoms with E-state index in [1.54, 1.807) is 40.0 Å². The lowest BCUT2D eigenvalue weighted by Gasteiger charge is -2.36. The van der Waals surface area contributed by atoms with E-state index in [4.69, 9.17) is 26.8 Å². The van der Waals surface area contributed by atoms with Crippen molar-refractivity contribution in [3.63, 3.8) is 0 Å². The lowest BCUT2D eigenvalue weighted by molar-refractivity contribution is -0.137. The van der Waals surface area contributed by atoms with Crippen molar-refractivity contribution in [1.82, 2.24) is 20.1 Å². The Morgan fingerprint density at radius 2 is 1.74 bits per heavy atom. The highest BCUT2D eigenvalue weighted by molar-refractivity contribution is 6.33. The third-order valence-electron chi connectivity index (χ3n) is 5.69. The molecule has 0 aliphatic rings. The number of nitrogen functional groups attached to an aromatic ring is 1. The van der Waals surface area contributed by atoms with Gasteiger partial charge in [0.15, 0.2) is 0 Å². The second kappa shape index (κ2) is 10.7. The van der Waals surface area contributed by atoms with E-state index in [0.29, 0.717) is 17.1 Å². The summed E-state index contributed by atoms with van der Waals surface area (Å²) in [6.45, 7) is 9.09. The zero-order chi connectivity index (χ0) is 28.5. The predicted octanol–water partition coefficient (Wildman–Crippen LogP) is 6.34. The van der Waals surface area contributed by atoms with Gasteiger partial charge in [0.2, 0.25) is 5.95 Å². The molecule has 2 aromatic carbocycles. The number of nitrogens with zero attached hydrogens (tertiary/aromatic N) is 3. The highest BCUT2D eigenvalue weighted by Crippen LogP contribution is 2.42. The predicted molar refractivity (Wildman–Crippen MR) is 139 cm³/mol. The van der Waals surface area contributed by atoms with Crippen LogP contribution in [0.25, 0.3) is 11.1 Å². The smallest absolute Gasteiger partial charge is 0.417 e. The van der Waals surface area contributed by atoms with Gasteiger partial charge < -0.3 is 20.1 Å².